The lowest BCUT2D eigenvalue weighted by atomic mass is 9.83. The third kappa shape index (κ3) is 10.3. The Kier molecular flexibility index (Phi) is 13.8. The number of fused-ring (bicyclic) bond motifs is 2. The molecular weight excluding hydrogens is 878 g/mol. The monoisotopic (exact) mass is 927 g/mol. The molecule has 0 saturated carbocycles. The van der Waals surface area contributed by atoms with Gasteiger partial charge < -0.3 is 15.1 Å². The Balaban J connectivity index is 0.000000200. The molecule has 4 aromatic carbocycles. The first-order valence-corrected chi connectivity index (χ1v) is 22.4. The second-order valence-corrected chi connectivity index (χ2v) is 18.6. The van der Waals surface area contributed by atoms with Gasteiger partial charge in [-0.15, -0.1) is 0 Å². The van der Waals surface area contributed by atoms with Crippen LogP contribution in [0.1, 0.15) is 133 Å². The Morgan fingerprint density at radius 1 is 0.701 bits per heavy atom. The molecule has 4 aliphatic rings. The number of piperidine rings is 2. The summed E-state index contributed by atoms with van der Waals surface area (Å²) in [4.78, 5) is 126. The number of hydrogen-bond acceptors (Lipinski definition) is 10. The van der Waals surface area contributed by atoms with Gasteiger partial charge in [-0.25, -0.2) is 0 Å². The number of hydrogen-bond donors (Lipinski definition) is 3. The molecule has 67 heavy (non-hydrogen) atoms. The second-order valence-electron chi connectivity index (χ2n) is 18.2. The average molecular weight is 928 g/mol. The van der Waals surface area contributed by atoms with E-state index in [0.29, 0.717) is 45.7 Å². The summed E-state index contributed by atoms with van der Waals surface area (Å²) in [5.41, 5.74) is 7.38. The molecule has 0 bridgehead atoms. The molecule has 2 saturated heterocycles. The molecule has 2 unspecified atom stereocenters. The van der Waals surface area contributed by atoms with Crippen LogP contribution < -0.4 is 16.0 Å². The highest BCUT2D eigenvalue weighted by atomic mass is 35.5. The molecule has 0 spiro atoms. The lowest BCUT2D eigenvalue weighted by Crippen LogP contribution is -2.52. The molecule has 4 heterocycles. The molecule has 7 amide bonds. The number of rotatable bonds is 11. The van der Waals surface area contributed by atoms with E-state index in [1.165, 1.54) is 15.9 Å². The number of halogens is 1. The molecule has 0 aromatic heterocycles. The van der Waals surface area contributed by atoms with Crippen molar-refractivity contribution >= 4 is 70.3 Å². The summed E-state index contributed by atoms with van der Waals surface area (Å²) in [6.45, 7) is 10.6. The van der Waals surface area contributed by atoms with Crippen LogP contribution in [0.4, 0.5) is 0 Å². The zero-order valence-electron chi connectivity index (χ0n) is 37.8. The summed E-state index contributed by atoms with van der Waals surface area (Å²) in [7, 11) is 0. The van der Waals surface area contributed by atoms with Crippen LogP contribution in [0.15, 0.2) is 72.8 Å². The Labute approximate surface area is 392 Å². The van der Waals surface area contributed by atoms with Gasteiger partial charge in [0.25, 0.3) is 17.7 Å². The topological polar surface area (TPSA) is 213 Å². The van der Waals surface area contributed by atoms with Crippen LogP contribution in [0.25, 0.3) is 0 Å². The van der Waals surface area contributed by atoms with Gasteiger partial charge in [-0.1, -0.05) is 80.9 Å². The smallest absolute Gasteiger partial charge is 0.292 e. The number of nitrogens with one attached hydrogen (secondary N) is 3. The number of ketones is 3. The maximum atomic E-state index is 13.0. The normalized spacial score (nSPS) is 17.8. The van der Waals surface area contributed by atoms with Gasteiger partial charge in [0.2, 0.25) is 41.0 Å². The van der Waals surface area contributed by atoms with Gasteiger partial charge in [0, 0.05) is 66.2 Å². The number of amides is 7. The summed E-state index contributed by atoms with van der Waals surface area (Å²) < 4.78 is 0. The number of carbonyl (C=O) groups excluding carboxylic acids is 10. The standard InChI is InChI=1S/C27H29N3O5.C24H21ClN2O5/c1-15-12-16(8-9-20(15)27(2,3)4)23(32)25(34)28-13-17-6-5-7-18-19(17)14-30(26(18)35)21-10-11-22(31)29-24(21)33;1-13-2-5-15(11-18(13)25)22(30)20(28)8-4-14-3-6-17-16(10-14)12-27(24(17)32)19-7-9-21(29)26-23(19)31/h5-9,12,21H,10-11,13-14H2,1-4H3,(H,28,34)(H,29,31,33);2-3,5-6,10-11,19H,4,7-9,12H2,1H3,(H,26,29,31). The van der Waals surface area contributed by atoms with Gasteiger partial charge in [-0.2, -0.15) is 0 Å². The van der Waals surface area contributed by atoms with E-state index in [2.05, 4.69) is 36.7 Å². The van der Waals surface area contributed by atoms with E-state index in [4.69, 9.17) is 11.6 Å². The van der Waals surface area contributed by atoms with Crippen LogP contribution in [0.2, 0.25) is 5.02 Å². The molecule has 4 aliphatic heterocycles. The fourth-order valence-corrected chi connectivity index (χ4v) is 9.08. The molecule has 0 aliphatic carbocycles. The Hall–Kier alpha value is -7.13. The number of aryl methyl sites for hydroxylation is 3. The van der Waals surface area contributed by atoms with E-state index in [0.717, 1.165) is 27.8 Å². The van der Waals surface area contributed by atoms with E-state index >= 15 is 0 Å². The molecule has 15 nitrogen and oxygen atoms in total. The third-order valence-electron chi connectivity index (χ3n) is 12.5. The van der Waals surface area contributed by atoms with E-state index in [9.17, 15) is 47.9 Å². The van der Waals surface area contributed by atoms with Crippen LogP contribution in [-0.4, -0.2) is 80.6 Å². The Bertz CT molecular complexity index is 2810. The highest BCUT2D eigenvalue weighted by Crippen LogP contribution is 2.32. The number of Topliss-reactive ketones (excluding diaryl/α,β-unsaturated/α-hetero) is 3. The maximum Gasteiger partial charge on any atom is 0.292 e. The van der Waals surface area contributed by atoms with Gasteiger partial charge >= 0.3 is 0 Å². The van der Waals surface area contributed by atoms with Gasteiger partial charge in [0.15, 0.2) is 0 Å². The number of benzene rings is 4. The largest absolute Gasteiger partial charge is 0.345 e. The second kappa shape index (κ2) is 19.4. The molecular formula is C51H50ClN5O10. The zero-order valence-corrected chi connectivity index (χ0v) is 38.6. The predicted octanol–water partition coefficient (Wildman–Crippen LogP) is 5.35. The minimum absolute atomic E-state index is 0.0356. The third-order valence-corrected chi connectivity index (χ3v) is 12.9. The molecule has 8 rings (SSSR count). The van der Waals surface area contributed by atoms with Gasteiger partial charge in [0.1, 0.15) is 12.1 Å². The van der Waals surface area contributed by atoms with E-state index in [-0.39, 0.29) is 79.9 Å². The quantitative estimate of drug-likeness (QED) is 0.0997. The van der Waals surface area contributed by atoms with Crippen molar-refractivity contribution in [3.05, 3.63) is 139 Å². The van der Waals surface area contributed by atoms with Crippen molar-refractivity contribution in [2.24, 2.45) is 0 Å². The first-order valence-electron chi connectivity index (χ1n) is 22.0. The minimum atomic E-state index is -0.725. The lowest BCUT2D eigenvalue weighted by molar-refractivity contribution is -0.138. The van der Waals surface area contributed by atoms with Crippen LogP contribution in [0, 0.1) is 13.8 Å². The van der Waals surface area contributed by atoms with Crippen LogP contribution in [0.5, 0.6) is 0 Å². The van der Waals surface area contributed by atoms with Crippen molar-refractivity contribution in [1.82, 2.24) is 25.8 Å². The molecule has 4 aromatic rings. The van der Waals surface area contributed by atoms with E-state index in [1.54, 1.807) is 54.6 Å². The van der Waals surface area contributed by atoms with Crippen LogP contribution in [-0.2, 0) is 60.2 Å². The molecule has 0 radical (unpaired) electrons. The van der Waals surface area contributed by atoms with E-state index in [1.807, 2.05) is 26.0 Å². The average Bonchev–Trinajstić information content (AvgIpc) is 3.79. The van der Waals surface area contributed by atoms with Crippen molar-refractivity contribution in [2.45, 2.75) is 110 Å². The molecule has 2 fully saturated rings. The van der Waals surface area contributed by atoms with Crippen molar-refractivity contribution in [3.8, 4) is 0 Å². The number of carbonyl (C=O) groups is 10. The molecule has 2 atom stereocenters. The predicted molar refractivity (Wildman–Crippen MR) is 245 cm³/mol. The Morgan fingerprint density at radius 3 is 1.93 bits per heavy atom. The summed E-state index contributed by atoms with van der Waals surface area (Å²) in [5, 5.41) is 7.67. The summed E-state index contributed by atoms with van der Waals surface area (Å²) in [6.07, 6.45) is 1.34. The molecule has 3 N–H and O–H groups in total. The maximum absolute atomic E-state index is 13.0. The zero-order chi connectivity index (χ0) is 48.5. The summed E-state index contributed by atoms with van der Waals surface area (Å²) >= 11 is 6.05. The fourth-order valence-electron chi connectivity index (χ4n) is 8.90. The van der Waals surface area contributed by atoms with Gasteiger partial charge in [-0.3, -0.25) is 58.6 Å². The van der Waals surface area contributed by atoms with Crippen LogP contribution in [0.3, 0.4) is 0 Å². The summed E-state index contributed by atoms with van der Waals surface area (Å²) in [5.74, 6) is -4.56. The molecule has 346 valence electrons. The Morgan fingerprint density at radius 2 is 1.31 bits per heavy atom. The molecule has 16 heteroatoms. The number of imide groups is 2. The van der Waals surface area contributed by atoms with Crippen molar-refractivity contribution < 1.29 is 47.9 Å². The van der Waals surface area contributed by atoms with Gasteiger partial charge in [-0.05, 0) is 102 Å². The highest BCUT2D eigenvalue weighted by Gasteiger charge is 2.41. The van der Waals surface area contributed by atoms with E-state index < -0.39 is 47.2 Å². The number of nitrogens with zero attached hydrogens (tertiary/aromatic N) is 2. The first kappa shape index (κ1) is 47.8. The van der Waals surface area contributed by atoms with Gasteiger partial charge in [0.05, 0.1) is 0 Å². The highest BCUT2D eigenvalue weighted by molar-refractivity contribution is 6.44. The van der Waals surface area contributed by atoms with Crippen LogP contribution >= 0.6 is 11.6 Å². The van der Waals surface area contributed by atoms with Crippen molar-refractivity contribution in [3.63, 3.8) is 0 Å². The van der Waals surface area contributed by atoms with Crippen molar-refractivity contribution in [1.29, 1.82) is 0 Å². The van der Waals surface area contributed by atoms with Crippen molar-refractivity contribution in [2.75, 3.05) is 0 Å². The first-order chi connectivity index (χ1) is 31.7. The minimum Gasteiger partial charge on any atom is -0.345 e. The SMILES string of the molecule is Cc1cc(C(=O)C(=O)NCc2cccc3c2CN(C2CCC(=O)NC2=O)C3=O)ccc1C(C)(C)C.Cc1ccc(C(=O)C(=O)CCc2ccc3c(c2)CN(C2CCC(=O)NC2=O)C3=O)cc1Cl. The lowest BCUT2D eigenvalue weighted by Gasteiger charge is -2.29. The fraction of sp³-hybridized carbons (Fsp3) is 0.333. The summed E-state index contributed by atoms with van der Waals surface area (Å²) in [6, 6.07) is 19.2.